The van der Waals surface area contributed by atoms with Crippen LogP contribution in [0.1, 0.15) is 6.42 Å². The van der Waals surface area contributed by atoms with Crippen molar-refractivity contribution in [3.63, 3.8) is 0 Å². The number of esters is 2. The number of rotatable bonds is 3. The lowest BCUT2D eigenvalue weighted by molar-refractivity contribution is -0.155. The van der Waals surface area contributed by atoms with Crippen molar-refractivity contribution < 1.29 is 24.2 Å². The van der Waals surface area contributed by atoms with Crippen LogP contribution in [0.25, 0.3) is 0 Å². The van der Waals surface area contributed by atoms with Crippen molar-refractivity contribution in [2.24, 2.45) is 0 Å². The average Bonchev–Trinajstić information content (AvgIpc) is 2.65. The standard InChI is InChI=1S/C9H13IO5S/c1-14-7(12)9(8(13)15-2)3-5(10)6(4-11)16-9/h5-6,11H,3-4H2,1-2H3/t5-,6-/m0/s1. The summed E-state index contributed by atoms with van der Waals surface area (Å²) >= 11 is 3.25. The molecule has 1 N–H and O–H groups in total. The van der Waals surface area contributed by atoms with Crippen LogP contribution in [0.2, 0.25) is 0 Å². The molecule has 0 saturated carbocycles. The number of hydrogen-bond acceptors (Lipinski definition) is 6. The van der Waals surface area contributed by atoms with Crippen LogP contribution >= 0.6 is 34.4 Å². The molecule has 7 heteroatoms. The van der Waals surface area contributed by atoms with Crippen LogP contribution in [0.4, 0.5) is 0 Å². The Morgan fingerprint density at radius 1 is 1.44 bits per heavy atom. The van der Waals surface area contributed by atoms with Gasteiger partial charge in [-0.2, -0.15) is 0 Å². The topological polar surface area (TPSA) is 72.8 Å². The highest BCUT2D eigenvalue weighted by Crippen LogP contribution is 2.48. The molecule has 1 fully saturated rings. The molecule has 0 bridgehead atoms. The summed E-state index contributed by atoms with van der Waals surface area (Å²) in [6.45, 7) is -0.0754. The van der Waals surface area contributed by atoms with Crippen molar-refractivity contribution in [1.82, 2.24) is 0 Å². The fraction of sp³-hybridized carbons (Fsp3) is 0.778. The highest BCUT2D eigenvalue weighted by atomic mass is 127. The Kier molecular flexibility index (Phi) is 4.87. The molecule has 0 spiro atoms. The van der Waals surface area contributed by atoms with Gasteiger partial charge in [0.05, 0.1) is 20.8 Å². The number of aliphatic hydroxyl groups is 1. The number of carbonyl (C=O) groups excluding carboxylic acids is 2. The largest absolute Gasteiger partial charge is 0.468 e. The fourth-order valence-electron chi connectivity index (χ4n) is 1.61. The Hall–Kier alpha value is -0.0200. The molecule has 0 unspecified atom stereocenters. The Bertz CT molecular complexity index is 280. The maximum Gasteiger partial charge on any atom is 0.333 e. The van der Waals surface area contributed by atoms with Crippen LogP contribution in [0.15, 0.2) is 0 Å². The van der Waals surface area contributed by atoms with Crippen LogP contribution in [0.3, 0.4) is 0 Å². The van der Waals surface area contributed by atoms with Gasteiger partial charge in [0.25, 0.3) is 0 Å². The predicted octanol–water partition coefficient (Wildman–Crippen LogP) is 0.373. The second-order valence-corrected chi connectivity index (χ2v) is 6.51. The fourth-order valence-corrected chi connectivity index (χ4v) is 4.71. The summed E-state index contributed by atoms with van der Waals surface area (Å²) in [5.74, 6) is -1.22. The number of ether oxygens (including phenoxy) is 2. The molecule has 5 nitrogen and oxygen atoms in total. The van der Waals surface area contributed by atoms with Crippen LogP contribution in [-0.4, -0.2) is 51.8 Å². The first-order valence-corrected chi connectivity index (χ1v) is 6.74. The van der Waals surface area contributed by atoms with Gasteiger partial charge in [0.15, 0.2) is 0 Å². The van der Waals surface area contributed by atoms with E-state index in [0.29, 0.717) is 6.42 Å². The molecule has 0 aromatic carbocycles. The van der Waals surface area contributed by atoms with Gasteiger partial charge in [0.1, 0.15) is 0 Å². The number of hydrogen-bond donors (Lipinski definition) is 1. The summed E-state index contributed by atoms with van der Waals surface area (Å²) in [5, 5.41) is 8.99. The number of alkyl halides is 1. The van der Waals surface area contributed by atoms with Gasteiger partial charge in [0.2, 0.25) is 4.75 Å². The highest BCUT2D eigenvalue weighted by molar-refractivity contribution is 14.1. The van der Waals surface area contributed by atoms with E-state index in [9.17, 15) is 9.59 Å². The van der Waals surface area contributed by atoms with Crippen molar-refractivity contribution >= 4 is 46.3 Å². The molecule has 0 radical (unpaired) electrons. The maximum absolute atomic E-state index is 11.7. The molecule has 1 heterocycles. The number of methoxy groups -OCH3 is 2. The molecule has 16 heavy (non-hydrogen) atoms. The third kappa shape index (κ3) is 2.30. The number of thioether (sulfide) groups is 1. The first-order chi connectivity index (χ1) is 7.51. The first-order valence-electron chi connectivity index (χ1n) is 4.61. The third-order valence-electron chi connectivity index (χ3n) is 2.45. The molecule has 0 amide bonds. The zero-order chi connectivity index (χ0) is 12.3. The quantitative estimate of drug-likeness (QED) is 0.340. The summed E-state index contributed by atoms with van der Waals surface area (Å²) in [6.07, 6.45) is 0.322. The molecule has 0 aromatic rings. The van der Waals surface area contributed by atoms with Crippen molar-refractivity contribution in [1.29, 1.82) is 0 Å². The van der Waals surface area contributed by atoms with E-state index in [1.807, 2.05) is 0 Å². The van der Waals surface area contributed by atoms with Crippen LogP contribution < -0.4 is 0 Å². The average molecular weight is 360 g/mol. The van der Waals surface area contributed by atoms with E-state index >= 15 is 0 Å². The zero-order valence-corrected chi connectivity index (χ0v) is 11.9. The Morgan fingerprint density at radius 2 is 1.94 bits per heavy atom. The van der Waals surface area contributed by atoms with E-state index in [0.717, 1.165) is 11.8 Å². The SMILES string of the molecule is COC(=O)C1(C(=O)OC)C[C@H](I)[C@H](CO)S1. The molecule has 0 aromatic heterocycles. The minimum Gasteiger partial charge on any atom is -0.468 e. The van der Waals surface area contributed by atoms with Crippen molar-refractivity contribution in [2.45, 2.75) is 20.3 Å². The van der Waals surface area contributed by atoms with E-state index < -0.39 is 16.7 Å². The van der Waals surface area contributed by atoms with Crippen molar-refractivity contribution in [2.75, 3.05) is 20.8 Å². The number of aliphatic hydroxyl groups excluding tert-OH is 1. The van der Waals surface area contributed by atoms with Gasteiger partial charge in [-0.25, -0.2) is 9.59 Å². The van der Waals surface area contributed by atoms with Gasteiger partial charge in [-0.05, 0) is 6.42 Å². The Morgan fingerprint density at radius 3 is 2.25 bits per heavy atom. The van der Waals surface area contributed by atoms with Crippen LogP contribution in [-0.2, 0) is 19.1 Å². The van der Waals surface area contributed by atoms with Crippen molar-refractivity contribution in [3.8, 4) is 0 Å². The summed E-state index contributed by atoms with van der Waals surface area (Å²) in [5.41, 5.74) is 0. The minimum atomic E-state index is -1.32. The normalized spacial score (nSPS) is 27.5. The second kappa shape index (κ2) is 5.54. The van der Waals surface area contributed by atoms with Crippen molar-refractivity contribution in [3.05, 3.63) is 0 Å². The molecule has 1 aliphatic rings. The minimum absolute atomic E-state index is 0.0331. The Labute approximate surface area is 111 Å². The second-order valence-electron chi connectivity index (χ2n) is 3.37. The lowest BCUT2D eigenvalue weighted by Gasteiger charge is -2.22. The summed E-state index contributed by atoms with van der Waals surface area (Å²) in [7, 11) is 2.48. The van der Waals surface area contributed by atoms with E-state index in [4.69, 9.17) is 5.11 Å². The lowest BCUT2D eigenvalue weighted by Crippen LogP contribution is -2.43. The first kappa shape index (κ1) is 14.0. The molecule has 0 aliphatic carbocycles. The molecular weight excluding hydrogens is 347 g/mol. The highest BCUT2D eigenvalue weighted by Gasteiger charge is 2.57. The summed E-state index contributed by atoms with van der Waals surface area (Å²) < 4.78 is 8.03. The van der Waals surface area contributed by atoms with Gasteiger partial charge < -0.3 is 14.6 Å². The van der Waals surface area contributed by atoms with Crippen LogP contribution in [0.5, 0.6) is 0 Å². The molecule has 1 rings (SSSR count). The maximum atomic E-state index is 11.7. The van der Waals surface area contributed by atoms with Crippen LogP contribution in [0, 0.1) is 0 Å². The molecular formula is C9H13IO5S. The molecule has 1 aliphatic heterocycles. The Balaban J connectivity index is 2.99. The smallest absolute Gasteiger partial charge is 0.333 e. The van der Waals surface area contributed by atoms with E-state index in [1.165, 1.54) is 14.2 Å². The van der Waals surface area contributed by atoms with E-state index in [-0.39, 0.29) is 15.8 Å². The van der Waals surface area contributed by atoms with Gasteiger partial charge >= 0.3 is 11.9 Å². The van der Waals surface area contributed by atoms with Gasteiger partial charge in [-0.1, -0.05) is 22.6 Å². The van der Waals surface area contributed by atoms with E-state index in [1.54, 1.807) is 0 Å². The molecule has 2 atom stereocenters. The third-order valence-corrected chi connectivity index (χ3v) is 5.93. The van der Waals surface area contributed by atoms with Gasteiger partial charge in [-0.3, -0.25) is 0 Å². The summed E-state index contributed by atoms with van der Waals surface area (Å²) in [6, 6.07) is 0. The molecule has 1 saturated heterocycles. The summed E-state index contributed by atoms with van der Waals surface area (Å²) in [4.78, 5) is 23.4. The zero-order valence-electron chi connectivity index (χ0n) is 8.94. The number of halogens is 1. The van der Waals surface area contributed by atoms with Gasteiger partial charge in [-0.15, -0.1) is 11.8 Å². The molecule has 92 valence electrons. The monoisotopic (exact) mass is 360 g/mol. The predicted molar refractivity (Wildman–Crippen MR) is 67.7 cm³/mol. The van der Waals surface area contributed by atoms with E-state index in [2.05, 4.69) is 32.1 Å². The number of carbonyl (C=O) groups is 2. The van der Waals surface area contributed by atoms with Gasteiger partial charge in [0, 0.05) is 9.17 Å². The lowest BCUT2D eigenvalue weighted by atomic mass is 10.0.